The minimum atomic E-state index is -0.866. The molecular formula is C24H19N3O5S. The second kappa shape index (κ2) is 8.68. The number of benzene rings is 2. The van der Waals surface area contributed by atoms with Crippen LogP contribution in [-0.2, 0) is 9.53 Å². The Hall–Kier alpha value is -4.29. The molecule has 2 heterocycles. The van der Waals surface area contributed by atoms with Gasteiger partial charge in [0.15, 0.2) is 0 Å². The molecule has 0 aliphatic carbocycles. The zero-order valence-corrected chi connectivity index (χ0v) is 18.3. The first-order valence-corrected chi connectivity index (χ1v) is 10.8. The summed E-state index contributed by atoms with van der Waals surface area (Å²) in [4.78, 5) is 26.3. The first-order valence-electron chi connectivity index (χ1n) is 9.98. The fraction of sp³-hybridized carbons (Fsp3) is 0.125. The Labute approximate surface area is 192 Å². The molecule has 0 bridgehead atoms. The van der Waals surface area contributed by atoms with Gasteiger partial charge in [-0.15, -0.1) is 11.3 Å². The smallest absolute Gasteiger partial charge is 0.338 e. The van der Waals surface area contributed by atoms with Crippen molar-refractivity contribution in [1.82, 2.24) is 4.57 Å². The molecule has 0 amide bonds. The van der Waals surface area contributed by atoms with E-state index < -0.39 is 17.4 Å². The summed E-state index contributed by atoms with van der Waals surface area (Å²) >= 11 is 1.06. The number of carbonyl (C=O) groups excluding carboxylic acids is 1. The molecule has 4 N–H and O–H groups in total. The van der Waals surface area contributed by atoms with Gasteiger partial charge in [0, 0.05) is 0 Å². The van der Waals surface area contributed by atoms with E-state index >= 15 is 0 Å². The molecule has 166 valence electrons. The average Bonchev–Trinajstić information content (AvgIpc) is 3.11. The van der Waals surface area contributed by atoms with Crippen LogP contribution >= 0.6 is 11.3 Å². The summed E-state index contributed by atoms with van der Waals surface area (Å²) in [5, 5.41) is 29.1. The van der Waals surface area contributed by atoms with Crippen LogP contribution in [0.1, 0.15) is 24.0 Å². The van der Waals surface area contributed by atoms with Crippen LogP contribution in [0.15, 0.2) is 58.9 Å². The van der Waals surface area contributed by atoms with Crippen LogP contribution in [0, 0.1) is 11.3 Å². The van der Waals surface area contributed by atoms with Crippen LogP contribution in [0.2, 0.25) is 0 Å². The molecule has 1 aromatic heterocycles. The highest BCUT2D eigenvalue weighted by atomic mass is 32.1. The average molecular weight is 461 g/mol. The zero-order valence-electron chi connectivity index (χ0n) is 17.5. The number of nitriles is 1. The molecule has 1 atom stereocenters. The van der Waals surface area contributed by atoms with Crippen LogP contribution in [-0.4, -0.2) is 27.4 Å². The normalized spacial score (nSPS) is 15.8. The minimum Gasteiger partial charge on any atom is -0.508 e. The number of hydrogen-bond donors (Lipinski definition) is 3. The van der Waals surface area contributed by atoms with Crippen LogP contribution < -0.4 is 20.5 Å². The minimum absolute atomic E-state index is 0.0292. The van der Waals surface area contributed by atoms with Gasteiger partial charge < -0.3 is 20.7 Å². The van der Waals surface area contributed by atoms with Gasteiger partial charge in [0.2, 0.25) is 0 Å². The first kappa shape index (κ1) is 21.9. The number of nitrogens with two attached hydrogens (primary N) is 1. The third kappa shape index (κ3) is 3.88. The van der Waals surface area contributed by atoms with Crippen LogP contribution in [0.5, 0.6) is 11.5 Å². The van der Waals surface area contributed by atoms with Crippen molar-refractivity contribution in [3.63, 3.8) is 0 Å². The third-order valence-electron chi connectivity index (χ3n) is 5.18. The number of esters is 1. The van der Waals surface area contributed by atoms with Crippen molar-refractivity contribution in [2.75, 3.05) is 6.61 Å². The lowest BCUT2D eigenvalue weighted by atomic mass is 9.84. The van der Waals surface area contributed by atoms with Gasteiger partial charge in [-0.25, -0.2) is 4.79 Å². The van der Waals surface area contributed by atoms with Crippen LogP contribution in [0.4, 0.5) is 0 Å². The van der Waals surface area contributed by atoms with Crippen molar-refractivity contribution >= 4 is 34.8 Å². The number of carbonyl (C=O) groups is 1. The van der Waals surface area contributed by atoms with Crippen molar-refractivity contribution < 1.29 is 19.7 Å². The van der Waals surface area contributed by atoms with Gasteiger partial charge >= 0.3 is 5.97 Å². The lowest BCUT2D eigenvalue weighted by molar-refractivity contribution is -0.136. The van der Waals surface area contributed by atoms with Gasteiger partial charge in [0.05, 0.1) is 34.3 Å². The number of thiazole rings is 1. The summed E-state index contributed by atoms with van der Waals surface area (Å²) < 4.78 is 7.01. The topological polar surface area (TPSA) is 139 Å². The predicted molar refractivity (Wildman–Crippen MR) is 123 cm³/mol. The number of aromatic hydroxyl groups is 2. The van der Waals surface area contributed by atoms with Gasteiger partial charge in [-0.1, -0.05) is 24.3 Å². The van der Waals surface area contributed by atoms with E-state index in [1.165, 1.54) is 28.8 Å². The van der Waals surface area contributed by atoms with Crippen LogP contribution in [0.3, 0.4) is 0 Å². The van der Waals surface area contributed by atoms with Crippen LogP contribution in [0.25, 0.3) is 17.5 Å². The molecule has 33 heavy (non-hydrogen) atoms. The maximum Gasteiger partial charge on any atom is 0.338 e. The van der Waals surface area contributed by atoms with E-state index in [4.69, 9.17) is 10.5 Å². The molecule has 0 saturated carbocycles. The summed E-state index contributed by atoms with van der Waals surface area (Å²) in [5.74, 6) is -1.47. The van der Waals surface area contributed by atoms with Crippen molar-refractivity contribution in [2.45, 2.75) is 12.8 Å². The fourth-order valence-corrected chi connectivity index (χ4v) is 4.84. The summed E-state index contributed by atoms with van der Waals surface area (Å²) in [6, 6.07) is 14.4. The molecule has 3 aromatic rings. The first-order chi connectivity index (χ1) is 15.8. The van der Waals surface area contributed by atoms with Gasteiger partial charge in [-0.2, -0.15) is 5.26 Å². The molecule has 1 aliphatic heterocycles. The molecular weight excluding hydrogens is 442 g/mol. The van der Waals surface area contributed by atoms with E-state index in [0.717, 1.165) is 11.3 Å². The highest BCUT2D eigenvalue weighted by Gasteiger charge is 2.36. The zero-order chi connectivity index (χ0) is 23.7. The van der Waals surface area contributed by atoms with Gasteiger partial charge in [0.1, 0.15) is 22.0 Å². The Kier molecular flexibility index (Phi) is 5.77. The van der Waals surface area contributed by atoms with E-state index in [-0.39, 0.29) is 39.7 Å². The van der Waals surface area contributed by atoms with Crippen molar-refractivity contribution in [1.29, 1.82) is 5.26 Å². The summed E-state index contributed by atoms with van der Waals surface area (Å²) in [6.07, 6.45) is 1.62. The Morgan fingerprint density at radius 1 is 1.18 bits per heavy atom. The Morgan fingerprint density at radius 2 is 1.79 bits per heavy atom. The Balaban J connectivity index is 2.08. The maximum atomic E-state index is 13.2. The predicted octanol–water partition coefficient (Wildman–Crippen LogP) is 1.31. The molecule has 8 nitrogen and oxygen atoms in total. The number of allylic oxidation sites excluding steroid dienone is 1. The SMILES string of the molecule is CCOC(=O)C1=c2s/c(=C\c3ccc(O)cc3)c(=O)n2C(N)=C(C#N)[C@H]1c1ccc(O)cc1. The maximum absolute atomic E-state index is 13.2. The summed E-state index contributed by atoms with van der Waals surface area (Å²) in [5.41, 5.74) is 7.19. The van der Waals surface area contributed by atoms with E-state index in [1.54, 1.807) is 37.3 Å². The Morgan fingerprint density at radius 3 is 2.36 bits per heavy atom. The number of phenolic OH excluding ortho intramolecular Hbond substituents is 2. The van der Waals surface area contributed by atoms with E-state index in [2.05, 4.69) is 0 Å². The number of aromatic nitrogens is 1. The highest BCUT2D eigenvalue weighted by molar-refractivity contribution is 7.07. The molecule has 0 unspecified atom stereocenters. The molecule has 2 aromatic carbocycles. The van der Waals surface area contributed by atoms with Crippen molar-refractivity contribution in [3.05, 3.63) is 84.8 Å². The molecule has 0 saturated heterocycles. The fourth-order valence-electron chi connectivity index (χ4n) is 3.68. The third-order valence-corrected chi connectivity index (χ3v) is 6.29. The number of ether oxygens (including phenoxy) is 1. The van der Waals surface area contributed by atoms with E-state index in [1.807, 2.05) is 6.07 Å². The summed E-state index contributed by atoms with van der Waals surface area (Å²) in [7, 11) is 0. The van der Waals surface area contributed by atoms with Gasteiger partial charge in [0.25, 0.3) is 5.56 Å². The second-order valence-corrected chi connectivity index (χ2v) is 8.25. The molecule has 1 aliphatic rings. The number of nitrogens with zero attached hydrogens (tertiary/aromatic N) is 2. The largest absolute Gasteiger partial charge is 0.508 e. The monoisotopic (exact) mass is 461 g/mol. The highest BCUT2D eigenvalue weighted by Crippen LogP contribution is 2.37. The molecule has 0 spiro atoms. The van der Waals surface area contributed by atoms with Gasteiger partial charge in [-0.3, -0.25) is 9.36 Å². The molecule has 0 radical (unpaired) electrons. The van der Waals surface area contributed by atoms with Gasteiger partial charge in [-0.05, 0) is 48.4 Å². The molecule has 9 heteroatoms. The lowest BCUT2D eigenvalue weighted by Gasteiger charge is -2.24. The van der Waals surface area contributed by atoms with E-state index in [9.17, 15) is 25.1 Å². The van der Waals surface area contributed by atoms with E-state index in [0.29, 0.717) is 15.7 Å². The Bertz CT molecular complexity index is 1490. The summed E-state index contributed by atoms with van der Waals surface area (Å²) in [6.45, 7) is 1.77. The number of phenols is 2. The standard InChI is InChI=1S/C24H19N3O5S/c1-2-32-24(31)20-19(14-5-9-16(29)10-6-14)17(12-25)21(26)27-22(30)18(33-23(20)27)11-13-3-7-15(28)8-4-13/h3-11,19,28-29H,2,26H2,1H3/b18-11-/t19-/m1/s1. The van der Waals surface area contributed by atoms with Crippen molar-refractivity contribution in [2.24, 2.45) is 5.73 Å². The lowest BCUT2D eigenvalue weighted by Crippen LogP contribution is -2.40. The number of fused-ring (bicyclic) bond motifs is 1. The number of rotatable bonds is 4. The second-order valence-electron chi connectivity index (χ2n) is 7.22. The quantitative estimate of drug-likeness (QED) is 0.498. The molecule has 4 rings (SSSR count). The molecule has 0 fully saturated rings. The number of hydrogen-bond acceptors (Lipinski definition) is 8. The van der Waals surface area contributed by atoms with Crippen molar-refractivity contribution in [3.8, 4) is 17.6 Å².